The van der Waals surface area contributed by atoms with Crippen molar-refractivity contribution in [2.45, 2.75) is 65.2 Å². The highest BCUT2D eigenvalue weighted by Gasteiger charge is 2.54. The van der Waals surface area contributed by atoms with Crippen molar-refractivity contribution in [1.29, 1.82) is 5.26 Å². The molecule has 0 saturated heterocycles. The number of hydrogen-bond acceptors (Lipinski definition) is 1. The lowest BCUT2D eigenvalue weighted by Gasteiger charge is -2.51. The number of hydrogen-bond donors (Lipinski definition) is 0. The van der Waals surface area contributed by atoms with Crippen molar-refractivity contribution >= 4 is 0 Å². The Hall–Kier alpha value is -0.510. The summed E-state index contributed by atoms with van der Waals surface area (Å²) in [6.45, 7) is 4.79. The van der Waals surface area contributed by atoms with Crippen LogP contribution in [0.4, 0.5) is 0 Å². The zero-order valence-corrected chi connectivity index (χ0v) is 12.0. The van der Waals surface area contributed by atoms with Crippen LogP contribution < -0.4 is 0 Å². The summed E-state index contributed by atoms with van der Waals surface area (Å²) in [5, 5.41) is 9.40. The van der Waals surface area contributed by atoms with Gasteiger partial charge in [-0.15, -0.1) is 0 Å². The van der Waals surface area contributed by atoms with Crippen LogP contribution >= 0.6 is 0 Å². The smallest absolute Gasteiger partial charge is 0.0661 e. The predicted molar refractivity (Wildman–Crippen MR) is 73.8 cm³/mol. The molecule has 0 aromatic rings. The van der Waals surface area contributed by atoms with Gasteiger partial charge in [0.1, 0.15) is 0 Å². The maximum absolute atomic E-state index is 9.40. The van der Waals surface area contributed by atoms with Gasteiger partial charge in [0.05, 0.1) is 12.0 Å². The molecule has 0 bridgehead atoms. The molecule has 0 radical (unpaired) electrons. The van der Waals surface area contributed by atoms with Crippen LogP contribution in [-0.2, 0) is 0 Å². The fourth-order valence-electron chi connectivity index (χ4n) is 5.65. The van der Waals surface area contributed by atoms with Gasteiger partial charge in [-0.1, -0.05) is 26.7 Å². The van der Waals surface area contributed by atoms with E-state index in [0.717, 1.165) is 23.7 Å². The number of fused-ring (bicyclic) bond motifs is 3. The second-order valence-corrected chi connectivity index (χ2v) is 7.42. The highest BCUT2D eigenvalue weighted by Crippen LogP contribution is 2.61. The zero-order chi connectivity index (χ0) is 12.8. The van der Waals surface area contributed by atoms with Crippen molar-refractivity contribution in [1.82, 2.24) is 0 Å². The molecule has 0 heterocycles. The lowest BCUT2D eigenvalue weighted by Crippen LogP contribution is -2.43. The number of rotatable bonds is 1. The first-order valence-electron chi connectivity index (χ1n) is 8.08. The maximum atomic E-state index is 9.40. The molecule has 0 aromatic heterocycles. The Bertz CT molecular complexity index is 355. The summed E-state index contributed by atoms with van der Waals surface area (Å²) < 4.78 is 0. The van der Waals surface area contributed by atoms with E-state index in [1.165, 1.54) is 51.4 Å². The van der Waals surface area contributed by atoms with Crippen LogP contribution in [0.3, 0.4) is 0 Å². The van der Waals surface area contributed by atoms with Crippen molar-refractivity contribution in [2.24, 2.45) is 35.0 Å². The molecular formula is C17H27N. The zero-order valence-electron chi connectivity index (χ0n) is 12.0. The molecule has 3 rings (SSSR count). The first kappa shape index (κ1) is 12.5. The predicted octanol–water partition coefficient (Wildman–Crippen LogP) is 4.78. The SMILES string of the molecule is CC[C@@H]1CCC2C(CC[C@@]3(C)C2CC[C@@H]3C#N)C1. The molecule has 100 valence electrons. The molecule has 3 saturated carbocycles. The topological polar surface area (TPSA) is 23.8 Å². The lowest BCUT2D eigenvalue weighted by molar-refractivity contribution is -0.0112. The van der Waals surface area contributed by atoms with Crippen molar-refractivity contribution in [3.8, 4) is 6.07 Å². The van der Waals surface area contributed by atoms with Crippen molar-refractivity contribution in [2.75, 3.05) is 0 Å². The molecule has 0 aromatic carbocycles. The molecule has 18 heavy (non-hydrogen) atoms. The molecule has 0 N–H and O–H groups in total. The standard InChI is InChI=1S/C17H27N/c1-3-12-4-6-15-13(10-12)8-9-17(2)14(11-18)5-7-16(15)17/h12-16H,3-10H2,1-2H3/t12-,13?,14-,15?,16?,17-/m1/s1. The van der Waals surface area contributed by atoms with E-state index in [1.54, 1.807) is 0 Å². The third-order valence-electron chi connectivity index (χ3n) is 6.86. The van der Waals surface area contributed by atoms with Crippen LogP contribution in [0, 0.1) is 46.3 Å². The van der Waals surface area contributed by atoms with Gasteiger partial charge in [-0.3, -0.25) is 0 Å². The Kier molecular flexibility index (Phi) is 3.16. The fourth-order valence-corrected chi connectivity index (χ4v) is 5.65. The maximum Gasteiger partial charge on any atom is 0.0661 e. The number of nitriles is 1. The van der Waals surface area contributed by atoms with E-state index in [-0.39, 0.29) is 0 Å². The Morgan fingerprint density at radius 3 is 2.72 bits per heavy atom. The summed E-state index contributed by atoms with van der Waals surface area (Å²) >= 11 is 0. The summed E-state index contributed by atoms with van der Waals surface area (Å²) in [5.41, 5.74) is 0.370. The Morgan fingerprint density at radius 1 is 1.17 bits per heavy atom. The molecule has 0 spiro atoms. The third kappa shape index (κ3) is 1.72. The van der Waals surface area contributed by atoms with Crippen LogP contribution in [0.25, 0.3) is 0 Å². The van der Waals surface area contributed by atoms with E-state index in [4.69, 9.17) is 0 Å². The molecular weight excluding hydrogens is 218 g/mol. The molecule has 3 aliphatic rings. The molecule has 0 aliphatic heterocycles. The van der Waals surface area contributed by atoms with E-state index in [9.17, 15) is 5.26 Å². The summed E-state index contributed by atoms with van der Waals surface area (Å²) in [6, 6.07) is 2.62. The summed E-state index contributed by atoms with van der Waals surface area (Å²) in [5.74, 6) is 4.19. The first-order chi connectivity index (χ1) is 8.69. The summed E-state index contributed by atoms with van der Waals surface area (Å²) in [4.78, 5) is 0. The average Bonchev–Trinajstić information content (AvgIpc) is 2.75. The Morgan fingerprint density at radius 2 is 2.00 bits per heavy atom. The molecule has 3 unspecified atom stereocenters. The summed E-state index contributed by atoms with van der Waals surface area (Å²) in [7, 11) is 0. The van der Waals surface area contributed by atoms with Gasteiger partial charge in [0.25, 0.3) is 0 Å². The van der Waals surface area contributed by atoms with Gasteiger partial charge in [0, 0.05) is 0 Å². The molecule has 6 atom stereocenters. The molecule has 3 fully saturated rings. The van der Waals surface area contributed by atoms with Gasteiger partial charge in [0.15, 0.2) is 0 Å². The van der Waals surface area contributed by atoms with Crippen LogP contribution in [0.1, 0.15) is 65.2 Å². The van der Waals surface area contributed by atoms with E-state index in [1.807, 2.05) is 0 Å². The van der Waals surface area contributed by atoms with E-state index < -0.39 is 0 Å². The summed E-state index contributed by atoms with van der Waals surface area (Å²) in [6.07, 6.45) is 11.0. The second-order valence-electron chi connectivity index (χ2n) is 7.42. The third-order valence-corrected chi connectivity index (χ3v) is 6.86. The van der Waals surface area contributed by atoms with Gasteiger partial charge in [-0.05, 0) is 67.6 Å². The molecule has 0 amide bonds. The highest BCUT2D eigenvalue weighted by atomic mass is 14.6. The fraction of sp³-hybridized carbons (Fsp3) is 0.941. The quantitative estimate of drug-likeness (QED) is 0.652. The Balaban J connectivity index is 1.78. The highest BCUT2D eigenvalue weighted by molar-refractivity contribution is 5.09. The lowest BCUT2D eigenvalue weighted by atomic mass is 9.54. The minimum absolute atomic E-state index is 0.354. The number of nitrogens with zero attached hydrogens (tertiary/aromatic N) is 1. The van der Waals surface area contributed by atoms with Crippen molar-refractivity contribution < 1.29 is 0 Å². The van der Waals surface area contributed by atoms with Crippen LogP contribution in [0.5, 0.6) is 0 Å². The monoisotopic (exact) mass is 245 g/mol. The van der Waals surface area contributed by atoms with Gasteiger partial charge in [0.2, 0.25) is 0 Å². The molecule has 1 nitrogen and oxygen atoms in total. The normalized spacial score (nSPS) is 51.3. The van der Waals surface area contributed by atoms with E-state index in [0.29, 0.717) is 11.3 Å². The second kappa shape index (κ2) is 4.55. The Labute approximate surface area is 112 Å². The van der Waals surface area contributed by atoms with Crippen molar-refractivity contribution in [3.05, 3.63) is 0 Å². The van der Waals surface area contributed by atoms with E-state index in [2.05, 4.69) is 19.9 Å². The van der Waals surface area contributed by atoms with Gasteiger partial charge in [-0.25, -0.2) is 0 Å². The van der Waals surface area contributed by atoms with Crippen molar-refractivity contribution in [3.63, 3.8) is 0 Å². The van der Waals surface area contributed by atoms with Gasteiger partial charge in [-0.2, -0.15) is 5.26 Å². The first-order valence-corrected chi connectivity index (χ1v) is 8.08. The minimum atomic E-state index is 0.354. The van der Waals surface area contributed by atoms with Gasteiger partial charge >= 0.3 is 0 Å². The molecule has 3 aliphatic carbocycles. The molecule has 1 heteroatoms. The van der Waals surface area contributed by atoms with Gasteiger partial charge < -0.3 is 0 Å². The van der Waals surface area contributed by atoms with Crippen LogP contribution in [0.2, 0.25) is 0 Å². The van der Waals surface area contributed by atoms with Crippen LogP contribution in [-0.4, -0.2) is 0 Å². The minimum Gasteiger partial charge on any atom is -0.198 e. The largest absolute Gasteiger partial charge is 0.198 e. The van der Waals surface area contributed by atoms with E-state index >= 15 is 0 Å². The average molecular weight is 245 g/mol. The van der Waals surface area contributed by atoms with Crippen LogP contribution in [0.15, 0.2) is 0 Å².